The highest BCUT2D eigenvalue weighted by Gasteiger charge is 2.12. The van der Waals surface area contributed by atoms with Gasteiger partial charge in [0.25, 0.3) is 0 Å². The summed E-state index contributed by atoms with van der Waals surface area (Å²) in [6.45, 7) is 4.00. The summed E-state index contributed by atoms with van der Waals surface area (Å²) in [5.74, 6) is 0.237. The van der Waals surface area contributed by atoms with Crippen molar-refractivity contribution in [1.29, 1.82) is 0 Å². The predicted molar refractivity (Wildman–Crippen MR) is 80.9 cm³/mol. The molecule has 0 amide bonds. The molecule has 0 saturated heterocycles. The van der Waals surface area contributed by atoms with Gasteiger partial charge in [0.05, 0.1) is 12.2 Å². The summed E-state index contributed by atoms with van der Waals surface area (Å²) in [6, 6.07) is 8.08. The summed E-state index contributed by atoms with van der Waals surface area (Å²) in [7, 11) is 0. The average molecular weight is 276 g/mol. The molecule has 1 atom stereocenters. The SMILES string of the molecule is C1=COc2ccccc2C1.CCCCC(CC)C(=O)O. The smallest absolute Gasteiger partial charge is 0.306 e. The molecule has 1 heterocycles. The predicted octanol–water partition coefficient (Wildman–Crippen LogP) is 4.42. The molecule has 1 unspecified atom stereocenters. The van der Waals surface area contributed by atoms with Crippen molar-refractivity contribution in [2.45, 2.75) is 46.0 Å². The van der Waals surface area contributed by atoms with E-state index in [-0.39, 0.29) is 5.92 Å². The standard InChI is InChI=1S/C9H8O.C8H16O2/c1-2-6-9-8(4-1)5-3-7-10-9;1-3-5-6-7(4-2)8(9)10/h1-4,6-7H,5H2;7H,3-6H2,1-2H3,(H,9,10). The third-order valence-electron chi connectivity index (χ3n) is 3.35. The van der Waals surface area contributed by atoms with Crippen molar-refractivity contribution >= 4 is 5.97 Å². The molecule has 0 aromatic heterocycles. The van der Waals surface area contributed by atoms with E-state index in [1.54, 1.807) is 6.26 Å². The quantitative estimate of drug-likeness (QED) is 0.865. The Balaban J connectivity index is 0.000000200. The van der Waals surface area contributed by atoms with Crippen LogP contribution in [0.4, 0.5) is 0 Å². The molecular weight excluding hydrogens is 252 g/mol. The van der Waals surface area contributed by atoms with E-state index in [1.165, 1.54) is 5.56 Å². The number of benzene rings is 1. The third kappa shape index (κ3) is 5.47. The van der Waals surface area contributed by atoms with Gasteiger partial charge in [-0.15, -0.1) is 0 Å². The van der Waals surface area contributed by atoms with Crippen molar-refractivity contribution in [2.75, 3.05) is 0 Å². The van der Waals surface area contributed by atoms with Gasteiger partial charge >= 0.3 is 5.97 Å². The number of allylic oxidation sites excluding steroid dienone is 1. The van der Waals surface area contributed by atoms with Crippen molar-refractivity contribution in [3.63, 3.8) is 0 Å². The molecule has 0 radical (unpaired) electrons. The van der Waals surface area contributed by atoms with Crippen LogP contribution in [0.2, 0.25) is 0 Å². The molecule has 1 aromatic carbocycles. The molecular formula is C17H24O3. The van der Waals surface area contributed by atoms with Gasteiger partial charge in [-0.2, -0.15) is 0 Å². The van der Waals surface area contributed by atoms with Gasteiger partial charge in [0, 0.05) is 0 Å². The lowest BCUT2D eigenvalue weighted by molar-refractivity contribution is -0.142. The Morgan fingerprint density at radius 1 is 1.35 bits per heavy atom. The van der Waals surface area contributed by atoms with E-state index in [2.05, 4.69) is 13.0 Å². The maximum absolute atomic E-state index is 10.4. The van der Waals surface area contributed by atoms with E-state index in [0.29, 0.717) is 0 Å². The zero-order valence-corrected chi connectivity index (χ0v) is 12.3. The second-order valence-corrected chi connectivity index (χ2v) is 4.89. The summed E-state index contributed by atoms with van der Waals surface area (Å²) >= 11 is 0. The zero-order chi connectivity index (χ0) is 14.8. The van der Waals surface area contributed by atoms with Crippen LogP contribution in [0.25, 0.3) is 0 Å². The van der Waals surface area contributed by atoms with Crippen LogP contribution < -0.4 is 4.74 Å². The van der Waals surface area contributed by atoms with E-state index in [9.17, 15) is 4.79 Å². The van der Waals surface area contributed by atoms with E-state index in [4.69, 9.17) is 9.84 Å². The monoisotopic (exact) mass is 276 g/mol. The second kappa shape index (κ2) is 9.18. The number of carboxylic acids is 1. The van der Waals surface area contributed by atoms with Crippen molar-refractivity contribution < 1.29 is 14.6 Å². The van der Waals surface area contributed by atoms with E-state index >= 15 is 0 Å². The maximum Gasteiger partial charge on any atom is 0.306 e. The molecule has 0 fully saturated rings. The Labute approximate surface area is 121 Å². The molecule has 0 saturated carbocycles. The Kier molecular flexibility index (Phi) is 7.48. The van der Waals surface area contributed by atoms with Crippen LogP contribution in [0.5, 0.6) is 5.75 Å². The first-order valence-corrected chi connectivity index (χ1v) is 7.31. The van der Waals surface area contributed by atoms with E-state index in [1.807, 2.05) is 31.2 Å². The molecule has 20 heavy (non-hydrogen) atoms. The van der Waals surface area contributed by atoms with Crippen LogP contribution in [0.1, 0.15) is 45.1 Å². The number of carbonyl (C=O) groups is 1. The first kappa shape index (κ1) is 16.3. The van der Waals surface area contributed by atoms with Crippen LogP contribution >= 0.6 is 0 Å². The minimum Gasteiger partial charge on any atom is -0.481 e. The van der Waals surface area contributed by atoms with Gasteiger partial charge in [-0.3, -0.25) is 4.79 Å². The molecule has 1 aliphatic rings. The largest absolute Gasteiger partial charge is 0.481 e. The highest BCUT2D eigenvalue weighted by molar-refractivity contribution is 5.69. The number of para-hydroxylation sites is 1. The molecule has 2 rings (SSSR count). The Bertz CT molecular complexity index is 411. The minimum absolute atomic E-state index is 0.111. The maximum atomic E-state index is 10.4. The Morgan fingerprint density at radius 2 is 2.10 bits per heavy atom. The first-order chi connectivity index (χ1) is 9.69. The molecule has 1 N–H and O–H groups in total. The lowest BCUT2D eigenvalue weighted by Gasteiger charge is -2.09. The van der Waals surface area contributed by atoms with Gasteiger partial charge in [0.2, 0.25) is 0 Å². The number of fused-ring (bicyclic) bond motifs is 1. The van der Waals surface area contributed by atoms with Crippen molar-refractivity contribution in [2.24, 2.45) is 5.92 Å². The van der Waals surface area contributed by atoms with E-state index in [0.717, 1.165) is 37.9 Å². The number of hydrogen-bond acceptors (Lipinski definition) is 2. The van der Waals surface area contributed by atoms with Crippen LogP contribution in [0.15, 0.2) is 36.6 Å². The number of carboxylic acid groups (broad SMARTS) is 1. The first-order valence-electron chi connectivity index (χ1n) is 7.31. The van der Waals surface area contributed by atoms with Crippen LogP contribution in [0, 0.1) is 5.92 Å². The lowest BCUT2D eigenvalue weighted by atomic mass is 10.00. The Hall–Kier alpha value is -1.77. The fourth-order valence-corrected chi connectivity index (χ4v) is 2.04. The highest BCUT2D eigenvalue weighted by atomic mass is 16.5. The molecule has 3 nitrogen and oxygen atoms in total. The van der Waals surface area contributed by atoms with Gasteiger partial charge in [-0.05, 0) is 37.0 Å². The summed E-state index contributed by atoms with van der Waals surface area (Å²) in [6.07, 6.45) is 8.47. The molecule has 1 aromatic rings. The number of aliphatic carboxylic acids is 1. The van der Waals surface area contributed by atoms with Gasteiger partial charge < -0.3 is 9.84 Å². The van der Waals surface area contributed by atoms with Gasteiger partial charge in [0.1, 0.15) is 5.75 Å². The molecule has 1 aliphatic heterocycles. The van der Waals surface area contributed by atoms with Gasteiger partial charge in [-0.25, -0.2) is 0 Å². The van der Waals surface area contributed by atoms with Gasteiger partial charge in [-0.1, -0.05) is 44.9 Å². The normalized spacial score (nSPS) is 13.5. The summed E-state index contributed by atoms with van der Waals surface area (Å²) in [5.41, 5.74) is 1.27. The van der Waals surface area contributed by atoms with Crippen molar-refractivity contribution in [3.8, 4) is 5.75 Å². The summed E-state index contributed by atoms with van der Waals surface area (Å²) in [4.78, 5) is 10.4. The third-order valence-corrected chi connectivity index (χ3v) is 3.35. The molecule has 110 valence electrons. The molecule has 0 bridgehead atoms. The van der Waals surface area contributed by atoms with Crippen LogP contribution in [0.3, 0.4) is 0 Å². The van der Waals surface area contributed by atoms with Crippen LogP contribution in [-0.2, 0) is 11.2 Å². The second-order valence-electron chi connectivity index (χ2n) is 4.89. The zero-order valence-electron chi connectivity index (χ0n) is 12.3. The van der Waals surface area contributed by atoms with E-state index < -0.39 is 5.97 Å². The fraction of sp³-hybridized carbons (Fsp3) is 0.471. The van der Waals surface area contributed by atoms with Gasteiger partial charge in [0.15, 0.2) is 0 Å². The fourth-order valence-electron chi connectivity index (χ4n) is 2.04. The number of hydrogen-bond donors (Lipinski definition) is 1. The Morgan fingerprint density at radius 3 is 2.70 bits per heavy atom. The number of unbranched alkanes of at least 4 members (excludes halogenated alkanes) is 1. The lowest BCUT2D eigenvalue weighted by Crippen LogP contribution is -2.11. The molecule has 0 spiro atoms. The summed E-state index contributed by atoms with van der Waals surface area (Å²) in [5, 5.41) is 8.60. The topological polar surface area (TPSA) is 46.5 Å². The van der Waals surface area contributed by atoms with Crippen molar-refractivity contribution in [1.82, 2.24) is 0 Å². The average Bonchev–Trinajstić information content (AvgIpc) is 2.48. The molecule has 3 heteroatoms. The summed E-state index contributed by atoms with van der Waals surface area (Å²) < 4.78 is 5.24. The van der Waals surface area contributed by atoms with Crippen LogP contribution in [-0.4, -0.2) is 11.1 Å². The number of ether oxygens (including phenoxy) is 1. The van der Waals surface area contributed by atoms with Crippen molar-refractivity contribution in [3.05, 3.63) is 42.2 Å². The highest BCUT2D eigenvalue weighted by Crippen LogP contribution is 2.21. The minimum atomic E-state index is -0.643. The molecule has 0 aliphatic carbocycles. The number of rotatable bonds is 5.